The molecule has 1 aliphatic rings. The quantitative estimate of drug-likeness (QED) is 0.872. The van der Waals surface area contributed by atoms with E-state index >= 15 is 0 Å². The van der Waals surface area contributed by atoms with E-state index in [1.807, 2.05) is 43.0 Å². The molecule has 1 amide bonds. The second-order valence-electron chi connectivity index (χ2n) is 6.60. The van der Waals surface area contributed by atoms with Crippen LogP contribution in [0, 0.1) is 6.92 Å². The van der Waals surface area contributed by atoms with Crippen LogP contribution in [-0.2, 0) is 9.84 Å². The van der Waals surface area contributed by atoms with Crippen LogP contribution in [0.2, 0.25) is 0 Å². The van der Waals surface area contributed by atoms with Crippen LogP contribution in [0.25, 0.3) is 0 Å². The smallest absolute Gasteiger partial charge is 0.257 e. The van der Waals surface area contributed by atoms with Crippen LogP contribution >= 0.6 is 0 Å². The lowest BCUT2D eigenvalue weighted by atomic mass is 10.1. The number of amides is 1. The Bertz CT molecular complexity index is 912. The summed E-state index contributed by atoms with van der Waals surface area (Å²) in [5.41, 5.74) is 3.01. The predicted molar refractivity (Wildman–Crippen MR) is 103 cm³/mol. The minimum atomic E-state index is -2.97. The average Bonchev–Trinajstić information content (AvgIpc) is 2.95. The number of carbonyl (C=O) groups excluding carboxylic acids is 1. The first-order valence-electron chi connectivity index (χ1n) is 8.68. The maximum absolute atomic E-state index is 12.5. The number of nitrogens with one attached hydrogen (secondary N) is 1. The zero-order valence-corrected chi connectivity index (χ0v) is 15.8. The van der Waals surface area contributed by atoms with E-state index in [4.69, 9.17) is 0 Å². The number of rotatable bonds is 5. The van der Waals surface area contributed by atoms with Gasteiger partial charge in [-0.15, -0.1) is 0 Å². The summed E-state index contributed by atoms with van der Waals surface area (Å²) in [6, 6.07) is 9.29. The molecule has 1 saturated heterocycles. The van der Waals surface area contributed by atoms with Crippen molar-refractivity contribution < 1.29 is 13.2 Å². The second kappa shape index (κ2) is 7.45. The minimum absolute atomic E-state index is 0.0677. The van der Waals surface area contributed by atoms with Crippen molar-refractivity contribution in [1.29, 1.82) is 0 Å². The summed E-state index contributed by atoms with van der Waals surface area (Å²) < 4.78 is 23.6. The van der Waals surface area contributed by atoms with E-state index in [-0.39, 0.29) is 23.5 Å². The molecular weight excluding hydrogens is 350 g/mol. The van der Waals surface area contributed by atoms with Crippen molar-refractivity contribution in [3.8, 4) is 0 Å². The number of carbonyl (C=O) groups is 1. The molecule has 1 N–H and O–H groups in total. The molecule has 6 nitrogen and oxygen atoms in total. The molecule has 0 saturated carbocycles. The Morgan fingerprint density at radius 1 is 1.31 bits per heavy atom. The molecule has 1 aromatic heterocycles. The van der Waals surface area contributed by atoms with Gasteiger partial charge in [0.1, 0.15) is 0 Å². The lowest BCUT2D eigenvalue weighted by Crippen LogP contribution is -2.36. The van der Waals surface area contributed by atoms with E-state index in [0.717, 1.165) is 16.9 Å². The SMILES string of the molecule is CCN(c1cncc(C(=O)Nc2cccc(C)c2)c1)C1CCS(=O)(=O)C1. The first-order chi connectivity index (χ1) is 12.4. The number of pyridine rings is 1. The summed E-state index contributed by atoms with van der Waals surface area (Å²) in [5, 5.41) is 2.87. The summed E-state index contributed by atoms with van der Waals surface area (Å²) in [7, 11) is -2.97. The molecule has 2 heterocycles. The van der Waals surface area contributed by atoms with Crippen molar-refractivity contribution in [2.45, 2.75) is 26.3 Å². The summed E-state index contributed by atoms with van der Waals surface area (Å²) in [4.78, 5) is 18.8. The van der Waals surface area contributed by atoms with Gasteiger partial charge in [0.2, 0.25) is 0 Å². The lowest BCUT2D eigenvalue weighted by molar-refractivity contribution is 0.102. The van der Waals surface area contributed by atoms with Gasteiger partial charge in [-0.3, -0.25) is 9.78 Å². The summed E-state index contributed by atoms with van der Waals surface area (Å²) in [6.45, 7) is 4.60. The van der Waals surface area contributed by atoms with Crippen molar-refractivity contribution in [2.75, 3.05) is 28.3 Å². The largest absolute Gasteiger partial charge is 0.367 e. The number of sulfone groups is 1. The fourth-order valence-electron chi connectivity index (χ4n) is 3.31. The fraction of sp³-hybridized carbons (Fsp3) is 0.368. The number of nitrogens with zero attached hydrogens (tertiary/aromatic N) is 2. The zero-order valence-electron chi connectivity index (χ0n) is 15.0. The van der Waals surface area contributed by atoms with Crippen LogP contribution in [-0.4, -0.2) is 43.4 Å². The summed E-state index contributed by atoms with van der Waals surface area (Å²) in [5.74, 6) is 0.135. The Hall–Kier alpha value is -2.41. The van der Waals surface area contributed by atoms with Gasteiger partial charge in [0.25, 0.3) is 5.91 Å². The Kier molecular flexibility index (Phi) is 5.27. The third-order valence-corrected chi connectivity index (χ3v) is 6.33. The van der Waals surface area contributed by atoms with Gasteiger partial charge in [0, 0.05) is 24.5 Å². The molecule has 1 atom stereocenters. The molecule has 1 aromatic carbocycles. The van der Waals surface area contributed by atoms with Crippen molar-refractivity contribution in [3.63, 3.8) is 0 Å². The highest BCUT2D eigenvalue weighted by Crippen LogP contribution is 2.24. The first-order valence-corrected chi connectivity index (χ1v) is 10.5. The molecule has 0 aliphatic carbocycles. The maximum Gasteiger partial charge on any atom is 0.257 e. The Morgan fingerprint density at radius 3 is 2.77 bits per heavy atom. The van der Waals surface area contributed by atoms with E-state index in [0.29, 0.717) is 18.5 Å². The average molecular weight is 373 g/mol. The predicted octanol–water partition coefficient (Wildman–Crippen LogP) is 2.66. The lowest BCUT2D eigenvalue weighted by Gasteiger charge is -2.29. The van der Waals surface area contributed by atoms with Gasteiger partial charge >= 0.3 is 0 Å². The van der Waals surface area contributed by atoms with Crippen LogP contribution in [0.5, 0.6) is 0 Å². The van der Waals surface area contributed by atoms with Crippen molar-refractivity contribution in [2.24, 2.45) is 0 Å². The topological polar surface area (TPSA) is 79.4 Å². The molecule has 26 heavy (non-hydrogen) atoms. The standard InChI is InChI=1S/C19H23N3O3S/c1-3-22(17-7-8-26(24,25)13-17)18-10-15(11-20-12-18)19(23)21-16-6-4-5-14(2)9-16/h4-6,9-12,17H,3,7-8,13H2,1-2H3,(H,21,23). The van der Waals surface area contributed by atoms with Crippen molar-refractivity contribution in [1.82, 2.24) is 4.98 Å². The monoisotopic (exact) mass is 373 g/mol. The normalized spacial score (nSPS) is 18.5. The molecule has 3 rings (SSSR count). The number of hydrogen-bond donors (Lipinski definition) is 1. The number of hydrogen-bond acceptors (Lipinski definition) is 5. The minimum Gasteiger partial charge on any atom is -0.367 e. The van der Waals surface area contributed by atoms with Gasteiger partial charge in [-0.05, 0) is 44.0 Å². The van der Waals surface area contributed by atoms with Crippen LogP contribution in [0.3, 0.4) is 0 Å². The number of benzene rings is 1. The number of anilines is 2. The van der Waals surface area contributed by atoms with Crippen LogP contribution < -0.4 is 10.2 Å². The molecule has 0 radical (unpaired) electrons. The third-order valence-electron chi connectivity index (χ3n) is 4.58. The highest BCUT2D eigenvalue weighted by atomic mass is 32.2. The Morgan fingerprint density at radius 2 is 2.12 bits per heavy atom. The van der Waals surface area contributed by atoms with E-state index in [1.54, 1.807) is 12.3 Å². The molecule has 1 fully saturated rings. The van der Waals surface area contributed by atoms with Gasteiger partial charge in [-0.2, -0.15) is 0 Å². The maximum atomic E-state index is 12.5. The van der Waals surface area contributed by atoms with E-state index in [2.05, 4.69) is 10.3 Å². The molecule has 1 unspecified atom stereocenters. The van der Waals surface area contributed by atoms with Gasteiger partial charge < -0.3 is 10.2 Å². The van der Waals surface area contributed by atoms with Gasteiger partial charge in [-0.25, -0.2) is 8.42 Å². The molecule has 0 bridgehead atoms. The molecular formula is C19H23N3O3S. The molecule has 7 heteroatoms. The summed E-state index contributed by atoms with van der Waals surface area (Å²) in [6.07, 6.45) is 3.81. The van der Waals surface area contributed by atoms with Crippen molar-refractivity contribution in [3.05, 3.63) is 53.9 Å². The number of aryl methyl sites for hydroxylation is 1. The van der Waals surface area contributed by atoms with Crippen molar-refractivity contribution >= 4 is 27.1 Å². The molecule has 138 valence electrons. The Labute approximate surface area is 154 Å². The molecule has 2 aromatic rings. The third kappa shape index (κ3) is 4.22. The van der Waals surface area contributed by atoms with Crippen LogP contribution in [0.1, 0.15) is 29.3 Å². The zero-order chi connectivity index (χ0) is 18.7. The van der Waals surface area contributed by atoms with Crippen LogP contribution in [0.4, 0.5) is 11.4 Å². The van der Waals surface area contributed by atoms with E-state index < -0.39 is 9.84 Å². The van der Waals surface area contributed by atoms with Crippen LogP contribution in [0.15, 0.2) is 42.7 Å². The van der Waals surface area contributed by atoms with Gasteiger partial charge in [-0.1, -0.05) is 12.1 Å². The summed E-state index contributed by atoms with van der Waals surface area (Å²) >= 11 is 0. The fourth-order valence-corrected chi connectivity index (χ4v) is 5.04. The van der Waals surface area contributed by atoms with E-state index in [1.165, 1.54) is 6.20 Å². The Balaban J connectivity index is 1.79. The highest BCUT2D eigenvalue weighted by molar-refractivity contribution is 7.91. The molecule has 1 aliphatic heterocycles. The number of aromatic nitrogens is 1. The highest BCUT2D eigenvalue weighted by Gasteiger charge is 2.32. The second-order valence-corrected chi connectivity index (χ2v) is 8.83. The van der Waals surface area contributed by atoms with Gasteiger partial charge in [0.15, 0.2) is 9.84 Å². The first kappa shape index (κ1) is 18.4. The van der Waals surface area contributed by atoms with Gasteiger partial charge in [0.05, 0.1) is 29.0 Å². The molecule has 0 spiro atoms. The van der Waals surface area contributed by atoms with E-state index in [9.17, 15) is 13.2 Å².